The predicted molar refractivity (Wildman–Crippen MR) is 128 cm³/mol. The molecule has 1 aliphatic heterocycles. The van der Waals surface area contributed by atoms with Gasteiger partial charge in [-0.05, 0) is 31.2 Å². The van der Waals surface area contributed by atoms with Gasteiger partial charge in [0.25, 0.3) is 5.91 Å². The Labute approximate surface area is 226 Å². The van der Waals surface area contributed by atoms with E-state index in [-0.39, 0.29) is 22.6 Å². The van der Waals surface area contributed by atoms with Gasteiger partial charge in [-0.1, -0.05) is 0 Å². The maximum Gasteiger partial charge on any atom is 0.418 e. The zero-order valence-electron chi connectivity index (χ0n) is 21.3. The van der Waals surface area contributed by atoms with Crippen molar-refractivity contribution in [2.24, 2.45) is 0 Å². The first-order chi connectivity index (χ1) is 18.9. The van der Waals surface area contributed by atoms with Crippen molar-refractivity contribution in [3.63, 3.8) is 0 Å². The van der Waals surface area contributed by atoms with Crippen LogP contribution in [-0.4, -0.2) is 80.6 Å². The number of nitrogen functional groups attached to an aromatic ring is 1. The van der Waals surface area contributed by atoms with E-state index in [4.69, 9.17) is 10.5 Å². The molecule has 4 rings (SSSR count). The van der Waals surface area contributed by atoms with Gasteiger partial charge in [-0.2, -0.15) is 31.4 Å². The van der Waals surface area contributed by atoms with Crippen molar-refractivity contribution in [1.82, 2.24) is 24.8 Å². The summed E-state index contributed by atoms with van der Waals surface area (Å²) in [5.74, 6) is -2.46. The third kappa shape index (κ3) is 5.84. The van der Waals surface area contributed by atoms with Gasteiger partial charge in [-0.25, -0.2) is 13.9 Å². The molecule has 1 unspecified atom stereocenters. The van der Waals surface area contributed by atoms with Gasteiger partial charge in [0.2, 0.25) is 5.91 Å². The number of halogens is 7. The van der Waals surface area contributed by atoms with Crippen LogP contribution in [0.4, 0.5) is 36.6 Å². The number of fused-ring (bicyclic) bond motifs is 1. The fourth-order valence-corrected chi connectivity index (χ4v) is 4.35. The van der Waals surface area contributed by atoms with E-state index in [2.05, 4.69) is 15.4 Å². The van der Waals surface area contributed by atoms with Crippen molar-refractivity contribution in [2.75, 3.05) is 25.9 Å². The average molecular weight is 592 g/mol. The van der Waals surface area contributed by atoms with Gasteiger partial charge in [0, 0.05) is 17.7 Å². The molecule has 222 valence electrons. The summed E-state index contributed by atoms with van der Waals surface area (Å²) in [7, 11) is 1.24. The summed E-state index contributed by atoms with van der Waals surface area (Å²) in [6.07, 6.45) is -12.2. The predicted octanol–water partition coefficient (Wildman–Crippen LogP) is 2.99. The molecule has 3 aromatic rings. The van der Waals surface area contributed by atoms with Gasteiger partial charge < -0.3 is 25.8 Å². The van der Waals surface area contributed by atoms with E-state index >= 15 is 0 Å². The van der Waals surface area contributed by atoms with Crippen LogP contribution in [0.3, 0.4) is 0 Å². The van der Waals surface area contributed by atoms with E-state index in [1.807, 2.05) is 0 Å². The zero-order valence-corrected chi connectivity index (χ0v) is 21.3. The Bertz CT molecular complexity index is 1490. The number of aliphatic hydroxyl groups is 1. The van der Waals surface area contributed by atoms with Crippen molar-refractivity contribution < 1.29 is 50.2 Å². The first kappa shape index (κ1) is 29.8. The SMILES string of the molecule is COc1cc(C(=O)N[C@@H]2CN(C(=O)CC(C)(O)C(F)(F)F)C[C@@H]2F)cc(-c2cc(C(F)(F)F)c3c(N)ncnn23)c1. The Morgan fingerprint density at radius 3 is 2.44 bits per heavy atom. The van der Waals surface area contributed by atoms with Gasteiger partial charge in [0.1, 0.15) is 23.8 Å². The summed E-state index contributed by atoms with van der Waals surface area (Å²) in [4.78, 5) is 29.7. The normalized spacial score (nSPS) is 19.3. The minimum Gasteiger partial charge on any atom is -0.497 e. The third-order valence-electron chi connectivity index (χ3n) is 6.61. The molecule has 1 aliphatic rings. The van der Waals surface area contributed by atoms with Crippen LogP contribution in [0.5, 0.6) is 5.75 Å². The summed E-state index contributed by atoms with van der Waals surface area (Å²) in [5.41, 5.74) is 0.473. The number of benzene rings is 1. The molecule has 0 aliphatic carbocycles. The summed E-state index contributed by atoms with van der Waals surface area (Å²) in [5, 5.41) is 15.8. The van der Waals surface area contributed by atoms with Gasteiger partial charge >= 0.3 is 12.4 Å². The molecule has 0 spiro atoms. The molecular weight excluding hydrogens is 569 g/mol. The number of nitrogens with two attached hydrogens (primary N) is 1. The minimum atomic E-state index is -5.10. The second-order valence-corrected chi connectivity index (χ2v) is 9.64. The lowest BCUT2D eigenvalue weighted by molar-refractivity contribution is -0.254. The van der Waals surface area contributed by atoms with Crippen LogP contribution in [-0.2, 0) is 11.0 Å². The van der Waals surface area contributed by atoms with Crippen LogP contribution in [0, 0.1) is 0 Å². The van der Waals surface area contributed by atoms with Crippen LogP contribution in [0.15, 0.2) is 30.6 Å². The molecule has 0 radical (unpaired) electrons. The van der Waals surface area contributed by atoms with Gasteiger partial charge in [0.05, 0.1) is 37.4 Å². The fourth-order valence-electron chi connectivity index (χ4n) is 4.35. The number of amides is 2. The van der Waals surface area contributed by atoms with Crippen molar-refractivity contribution in [3.05, 3.63) is 41.7 Å². The van der Waals surface area contributed by atoms with Gasteiger partial charge in [0.15, 0.2) is 11.4 Å². The number of methoxy groups -OCH3 is 1. The lowest BCUT2D eigenvalue weighted by Gasteiger charge is -2.27. The highest BCUT2D eigenvalue weighted by molar-refractivity contribution is 5.96. The number of anilines is 1. The van der Waals surface area contributed by atoms with Crippen LogP contribution in [0.25, 0.3) is 16.8 Å². The highest BCUT2D eigenvalue weighted by Gasteiger charge is 2.52. The maximum absolute atomic E-state index is 14.7. The Morgan fingerprint density at radius 2 is 1.83 bits per heavy atom. The van der Waals surface area contributed by atoms with E-state index in [9.17, 15) is 45.4 Å². The first-order valence-electron chi connectivity index (χ1n) is 11.8. The molecule has 1 saturated heterocycles. The number of nitrogens with zero attached hydrogens (tertiary/aromatic N) is 4. The quantitative estimate of drug-likeness (QED) is 0.375. The number of likely N-dealkylation sites (tertiary alicyclic amines) is 1. The summed E-state index contributed by atoms with van der Waals surface area (Å²) < 4.78 is 101. The highest BCUT2D eigenvalue weighted by Crippen LogP contribution is 2.39. The van der Waals surface area contributed by atoms with Crippen molar-refractivity contribution in [3.8, 4) is 17.0 Å². The molecular formula is C24H23F7N6O4. The molecule has 2 aromatic heterocycles. The Hall–Kier alpha value is -4.15. The number of alkyl halides is 7. The second kappa shape index (κ2) is 10.4. The molecule has 3 atom stereocenters. The average Bonchev–Trinajstić information content (AvgIpc) is 3.44. The number of rotatable bonds is 6. The van der Waals surface area contributed by atoms with E-state index < -0.39 is 78.4 Å². The van der Waals surface area contributed by atoms with Crippen molar-refractivity contribution in [2.45, 2.75) is 43.5 Å². The van der Waals surface area contributed by atoms with Crippen molar-refractivity contribution in [1.29, 1.82) is 0 Å². The molecule has 2 amide bonds. The fraction of sp³-hybridized carbons (Fsp3) is 0.417. The number of ether oxygens (including phenoxy) is 1. The lowest BCUT2D eigenvalue weighted by atomic mass is 10.0. The highest BCUT2D eigenvalue weighted by atomic mass is 19.4. The van der Waals surface area contributed by atoms with E-state index in [1.54, 1.807) is 0 Å². The summed E-state index contributed by atoms with van der Waals surface area (Å²) in [6, 6.07) is 3.20. The number of hydrogen-bond donors (Lipinski definition) is 3. The third-order valence-corrected chi connectivity index (χ3v) is 6.61. The molecule has 41 heavy (non-hydrogen) atoms. The first-order valence-corrected chi connectivity index (χ1v) is 11.8. The van der Waals surface area contributed by atoms with Crippen LogP contribution >= 0.6 is 0 Å². The monoisotopic (exact) mass is 592 g/mol. The zero-order chi connectivity index (χ0) is 30.5. The van der Waals surface area contributed by atoms with Crippen molar-refractivity contribution >= 4 is 23.1 Å². The molecule has 0 bridgehead atoms. The Kier molecular flexibility index (Phi) is 7.53. The largest absolute Gasteiger partial charge is 0.497 e. The topological polar surface area (TPSA) is 135 Å². The number of carbonyl (C=O) groups is 2. The van der Waals surface area contributed by atoms with E-state index in [1.165, 1.54) is 25.3 Å². The van der Waals surface area contributed by atoms with Gasteiger partial charge in [-0.15, -0.1) is 0 Å². The van der Waals surface area contributed by atoms with E-state index in [0.717, 1.165) is 21.8 Å². The van der Waals surface area contributed by atoms with E-state index in [0.29, 0.717) is 6.92 Å². The lowest BCUT2D eigenvalue weighted by Crippen LogP contribution is -2.47. The molecule has 0 saturated carbocycles. The molecule has 17 heteroatoms. The van der Waals surface area contributed by atoms with Crippen LogP contribution in [0.1, 0.15) is 29.3 Å². The Morgan fingerprint density at radius 1 is 1.15 bits per heavy atom. The molecule has 10 nitrogen and oxygen atoms in total. The Balaban J connectivity index is 1.60. The van der Waals surface area contributed by atoms with Gasteiger partial charge in [-0.3, -0.25) is 9.59 Å². The molecule has 4 N–H and O–H groups in total. The second-order valence-electron chi connectivity index (χ2n) is 9.64. The summed E-state index contributed by atoms with van der Waals surface area (Å²) in [6.45, 7) is -0.691. The van der Waals surface area contributed by atoms with Crippen LogP contribution in [0.2, 0.25) is 0 Å². The smallest absolute Gasteiger partial charge is 0.418 e. The number of carbonyl (C=O) groups excluding carboxylic acids is 2. The van der Waals surface area contributed by atoms with Crippen LogP contribution < -0.4 is 15.8 Å². The molecule has 3 heterocycles. The number of nitrogens with one attached hydrogen (secondary N) is 1. The number of hydrogen-bond acceptors (Lipinski definition) is 7. The summed E-state index contributed by atoms with van der Waals surface area (Å²) >= 11 is 0. The number of aromatic nitrogens is 3. The molecule has 1 fully saturated rings. The minimum absolute atomic E-state index is 0.0486. The standard InChI is InChI=1S/C24H23F7N6O4/c1-22(40,24(29,30)31)7-18(38)36-8-15(25)16(9-36)35-21(39)12-3-11(4-13(5-12)41-2)17-6-14(23(26,27)28)19-20(32)33-10-34-37(17)19/h3-6,10,15-16,40H,7-9H2,1-2H3,(H,35,39)(H2,32,33,34)/t15-,16+,22?/m0/s1. The maximum atomic E-state index is 14.7. The molecule has 1 aromatic carbocycles.